The Morgan fingerprint density at radius 2 is 2.03 bits per heavy atom. The first kappa shape index (κ1) is 19.6. The first-order valence-corrected chi connectivity index (χ1v) is 10.5. The summed E-state index contributed by atoms with van der Waals surface area (Å²) in [4.78, 5) is 17.3. The van der Waals surface area contributed by atoms with E-state index in [1.165, 1.54) is 7.11 Å². The average Bonchev–Trinajstić information content (AvgIpc) is 3.44. The molecule has 3 aromatic rings. The Bertz CT molecular complexity index is 955. The molecule has 1 fully saturated rings. The zero-order valence-corrected chi connectivity index (χ0v) is 17.6. The van der Waals surface area contributed by atoms with Gasteiger partial charge < -0.3 is 14.1 Å². The molecule has 0 aliphatic carbocycles. The molecule has 8 heteroatoms. The van der Waals surface area contributed by atoms with Crippen LogP contribution >= 0.6 is 11.3 Å². The third-order valence-electron chi connectivity index (χ3n) is 5.36. The van der Waals surface area contributed by atoms with Gasteiger partial charge in [-0.1, -0.05) is 6.07 Å². The molecule has 0 bridgehead atoms. The van der Waals surface area contributed by atoms with Crippen LogP contribution in [0.25, 0.3) is 10.8 Å². The second-order valence-electron chi connectivity index (χ2n) is 7.17. The van der Waals surface area contributed by atoms with Crippen LogP contribution in [0.15, 0.2) is 46.2 Å². The zero-order chi connectivity index (χ0) is 20.4. The van der Waals surface area contributed by atoms with E-state index in [-0.39, 0.29) is 12.0 Å². The Labute approximate surface area is 173 Å². The van der Waals surface area contributed by atoms with Gasteiger partial charge in [0.05, 0.1) is 23.6 Å². The molecular formula is C21H24N4O3S. The molecule has 1 saturated heterocycles. The molecule has 29 heavy (non-hydrogen) atoms. The molecule has 7 nitrogen and oxygen atoms in total. The number of anilines is 1. The highest BCUT2D eigenvalue weighted by Crippen LogP contribution is 2.30. The van der Waals surface area contributed by atoms with Crippen LogP contribution in [0.3, 0.4) is 0 Å². The Morgan fingerprint density at radius 1 is 1.24 bits per heavy atom. The van der Waals surface area contributed by atoms with Gasteiger partial charge in [0, 0.05) is 31.4 Å². The number of benzene rings is 1. The maximum absolute atomic E-state index is 11.6. The summed E-state index contributed by atoms with van der Waals surface area (Å²) in [5.74, 6) is 0.917. The minimum Gasteiger partial charge on any atom is -0.465 e. The largest absolute Gasteiger partial charge is 0.465 e. The van der Waals surface area contributed by atoms with Crippen molar-refractivity contribution >= 4 is 23.0 Å². The molecule has 0 amide bonds. The standard InChI is InChI=1S/C21H24N4O3S/c1-14-13-24(17-8-6-16(7-9-17)21(26)27-3)10-11-25(14)15(2)19-22-23-20(28-19)18-5-4-12-29-18/h4-9,12,14-15H,10-11,13H2,1-3H3. The first-order chi connectivity index (χ1) is 14.1. The molecule has 2 unspecified atom stereocenters. The summed E-state index contributed by atoms with van der Waals surface area (Å²) in [6, 6.07) is 11.9. The van der Waals surface area contributed by atoms with E-state index in [1.54, 1.807) is 11.3 Å². The summed E-state index contributed by atoms with van der Waals surface area (Å²) >= 11 is 1.59. The monoisotopic (exact) mass is 412 g/mol. The third-order valence-corrected chi connectivity index (χ3v) is 6.22. The molecule has 0 saturated carbocycles. The number of rotatable bonds is 5. The fourth-order valence-corrected chi connectivity index (χ4v) is 4.40. The quantitative estimate of drug-likeness (QED) is 0.589. The molecule has 3 heterocycles. The number of ether oxygens (including phenoxy) is 1. The number of piperazine rings is 1. The van der Waals surface area contributed by atoms with Crippen molar-refractivity contribution in [1.29, 1.82) is 0 Å². The highest BCUT2D eigenvalue weighted by atomic mass is 32.1. The molecular weight excluding hydrogens is 388 g/mol. The van der Waals surface area contributed by atoms with Crippen molar-refractivity contribution in [2.45, 2.75) is 25.9 Å². The van der Waals surface area contributed by atoms with Crippen molar-refractivity contribution in [3.63, 3.8) is 0 Å². The molecule has 0 spiro atoms. The molecule has 1 aromatic carbocycles. The van der Waals surface area contributed by atoms with Crippen molar-refractivity contribution < 1.29 is 13.9 Å². The SMILES string of the molecule is COC(=O)c1ccc(N2CCN(C(C)c3nnc(-c4cccs4)o3)C(C)C2)cc1. The zero-order valence-electron chi connectivity index (χ0n) is 16.7. The van der Waals surface area contributed by atoms with Crippen molar-refractivity contribution in [2.75, 3.05) is 31.6 Å². The van der Waals surface area contributed by atoms with Crippen LogP contribution in [0.5, 0.6) is 0 Å². The number of thiophene rings is 1. The molecule has 2 atom stereocenters. The van der Waals surface area contributed by atoms with Gasteiger partial charge in [0.25, 0.3) is 5.89 Å². The van der Waals surface area contributed by atoms with Crippen LogP contribution in [-0.2, 0) is 4.74 Å². The predicted molar refractivity (Wildman–Crippen MR) is 112 cm³/mol. The van der Waals surface area contributed by atoms with Crippen molar-refractivity contribution in [3.8, 4) is 10.8 Å². The predicted octanol–water partition coefficient (Wildman–Crippen LogP) is 3.86. The summed E-state index contributed by atoms with van der Waals surface area (Å²) in [5, 5.41) is 10.5. The van der Waals surface area contributed by atoms with Crippen molar-refractivity contribution in [1.82, 2.24) is 15.1 Å². The Hall–Kier alpha value is -2.71. The highest BCUT2D eigenvalue weighted by molar-refractivity contribution is 7.13. The number of carbonyl (C=O) groups excluding carboxylic acids is 1. The Morgan fingerprint density at radius 3 is 2.69 bits per heavy atom. The normalized spacial score (nSPS) is 18.6. The van der Waals surface area contributed by atoms with Crippen LogP contribution in [0.2, 0.25) is 0 Å². The fourth-order valence-electron chi connectivity index (χ4n) is 3.75. The van der Waals surface area contributed by atoms with E-state index < -0.39 is 0 Å². The van der Waals surface area contributed by atoms with E-state index in [1.807, 2.05) is 41.8 Å². The van der Waals surface area contributed by atoms with Gasteiger partial charge in [-0.05, 0) is 49.6 Å². The molecule has 1 aliphatic rings. The van der Waals surface area contributed by atoms with E-state index >= 15 is 0 Å². The summed E-state index contributed by atoms with van der Waals surface area (Å²) in [5.41, 5.74) is 1.67. The lowest BCUT2D eigenvalue weighted by atomic mass is 10.1. The van der Waals surface area contributed by atoms with Crippen LogP contribution < -0.4 is 4.90 Å². The van der Waals surface area contributed by atoms with Gasteiger partial charge in [-0.3, -0.25) is 4.90 Å². The number of hydrogen-bond donors (Lipinski definition) is 0. The molecule has 0 radical (unpaired) electrons. The third kappa shape index (κ3) is 4.04. The summed E-state index contributed by atoms with van der Waals surface area (Å²) in [7, 11) is 1.39. The highest BCUT2D eigenvalue weighted by Gasteiger charge is 2.31. The second-order valence-corrected chi connectivity index (χ2v) is 8.12. The fraction of sp³-hybridized carbons (Fsp3) is 0.381. The lowest BCUT2D eigenvalue weighted by molar-refractivity contribution is 0.0600. The minimum atomic E-state index is -0.315. The molecule has 0 N–H and O–H groups in total. The number of nitrogens with zero attached hydrogens (tertiary/aromatic N) is 4. The van der Waals surface area contributed by atoms with Crippen LogP contribution in [-0.4, -0.2) is 53.9 Å². The maximum atomic E-state index is 11.6. The number of esters is 1. The number of carbonyl (C=O) groups is 1. The van der Waals surface area contributed by atoms with E-state index in [0.29, 0.717) is 23.4 Å². The van der Waals surface area contributed by atoms with Gasteiger partial charge in [0.2, 0.25) is 5.89 Å². The van der Waals surface area contributed by atoms with Crippen molar-refractivity contribution in [2.24, 2.45) is 0 Å². The molecule has 4 rings (SSSR count). The topological polar surface area (TPSA) is 71.7 Å². The van der Waals surface area contributed by atoms with Crippen LogP contribution in [0, 0.1) is 0 Å². The van der Waals surface area contributed by atoms with E-state index in [9.17, 15) is 4.79 Å². The lowest BCUT2D eigenvalue weighted by Gasteiger charge is -2.42. The van der Waals surface area contributed by atoms with Gasteiger partial charge in [0.15, 0.2) is 0 Å². The molecule has 152 valence electrons. The van der Waals surface area contributed by atoms with Gasteiger partial charge in [-0.15, -0.1) is 21.5 Å². The lowest BCUT2D eigenvalue weighted by Crippen LogP contribution is -2.52. The minimum absolute atomic E-state index is 0.0510. The van der Waals surface area contributed by atoms with E-state index in [2.05, 4.69) is 33.8 Å². The maximum Gasteiger partial charge on any atom is 0.337 e. The number of hydrogen-bond acceptors (Lipinski definition) is 8. The average molecular weight is 413 g/mol. The Kier molecular flexibility index (Phi) is 5.64. The molecule has 2 aromatic heterocycles. The van der Waals surface area contributed by atoms with Gasteiger partial charge in [-0.2, -0.15) is 0 Å². The van der Waals surface area contributed by atoms with Gasteiger partial charge in [-0.25, -0.2) is 4.79 Å². The Balaban J connectivity index is 1.41. The number of aromatic nitrogens is 2. The second kappa shape index (κ2) is 8.34. The summed E-state index contributed by atoms with van der Waals surface area (Å²) in [6.07, 6.45) is 0. The van der Waals surface area contributed by atoms with E-state index in [0.717, 1.165) is 30.2 Å². The van der Waals surface area contributed by atoms with Crippen molar-refractivity contribution in [3.05, 3.63) is 53.2 Å². The summed E-state index contributed by atoms with van der Waals surface area (Å²) in [6.45, 7) is 6.98. The smallest absolute Gasteiger partial charge is 0.337 e. The van der Waals surface area contributed by atoms with Gasteiger partial charge in [0.1, 0.15) is 0 Å². The van der Waals surface area contributed by atoms with E-state index in [4.69, 9.17) is 9.15 Å². The van der Waals surface area contributed by atoms with Gasteiger partial charge >= 0.3 is 5.97 Å². The first-order valence-electron chi connectivity index (χ1n) is 9.63. The van der Waals surface area contributed by atoms with Crippen LogP contribution in [0.4, 0.5) is 5.69 Å². The van der Waals surface area contributed by atoms with Crippen LogP contribution in [0.1, 0.15) is 36.1 Å². The summed E-state index contributed by atoms with van der Waals surface area (Å²) < 4.78 is 10.7. The molecule has 1 aliphatic heterocycles. The number of methoxy groups -OCH3 is 1.